The van der Waals surface area contributed by atoms with Crippen molar-refractivity contribution in [1.82, 2.24) is 20.1 Å². The minimum absolute atomic E-state index is 0.0458. The fourth-order valence-corrected chi connectivity index (χ4v) is 5.31. The average Bonchev–Trinajstić information content (AvgIpc) is 3.46. The predicted molar refractivity (Wildman–Crippen MR) is 132 cm³/mol. The van der Waals surface area contributed by atoms with Crippen molar-refractivity contribution in [2.24, 2.45) is 0 Å². The highest BCUT2D eigenvalue weighted by Crippen LogP contribution is 2.54. The summed E-state index contributed by atoms with van der Waals surface area (Å²) < 4.78 is 50.1. The van der Waals surface area contributed by atoms with E-state index in [2.05, 4.69) is 15.2 Å². The normalized spacial score (nSPS) is 24.6. The Balaban J connectivity index is 0.00000144. The van der Waals surface area contributed by atoms with Gasteiger partial charge in [-0.1, -0.05) is 32.0 Å². The Kier molecular flexibility index (Phi) is 6.76. The van der Waals surface area contributed by atoms with E-state index in [1.165, 1.54) is 4.90 Å². The van der Waals surface area contributed by atoms with Crippen LogP contribution < -0.4 is 9.64 Å². The molecule has 6 rings (SSSR count). The number of rotatable bonds is 4. The second-order valence-corrected chi connectivity index (χ2v) is 9.33. The lowest BCUT2D eigenvalue weighted by Crippen LogP contribution is -2.56. The first-order chi connectivity index (χ1) is 18.2. The molecule has 2 fully saturated rings. The zero-order chi connectivity index (χ0) is 27.1. The van der Waals surface area contributed by atoms with E-state index in [1.54, 1.807) is 24.4 Å². The molecule has 1 spiro atoms. The van der Waals surface area contributed by atoms with E-state index in [9.17, 15) is 22.8 Å². The highest BCUT2D eigenvalue weighted by atomic mass is 19.4. The number of pyridine rings is 1. The van der Waals surface area contributed by atoms with Crippen LogP contribution in [0.1, 0.15) is 32.3 Å². The number of benzene rings is 1. The second kappa shape index (κ2) is 9.90. The molecule has 3 aromatic rings. The third kappa shape index (κ3) is 4.46. The lowest BCUT2D eigenvalue weighted by Gasteiger charge is -2.43. The molecule has 1 N–H and O–H groups in total. The molecule has 1 saturated carbocycles. The van der Waals surface area contributed by atoms with Crippen LogP contribution in [0.25, 0.3) is 11.0 Å². The Labute approximate surface area is 216 Å². The van der Waals surface area contributed by atoms with Crippen molar-refractivity contribution in [2.45, 2.75) is 50.5 Å². The molecule has 12 heteroatoms. The number of nitrogens with zero attached hydrogens (tertiary/aromatic N) is 4. The largest absolute Gasteiger partial charge is 0.474 e. The van der Waals surface area contributed by atoms with Crippen LogP contribution in [-0.2, 0) is 19.7 Å². The van der Waals surface area contributed by atoms with E-state index in [-0.39, 0.29) is 31.7 Å². The van der Waals surface area contributed by atoms with Crippen LogP contribution in [0.3, 0.4) is 0 Å². The summed E-state index contributed by atoms with van der Waals surface area (Å²) in [4.78, 5) is 33.5. The number of H-pyrrole nitrogens is 1. The standard InChI is InChI=1S/C24H22F3N5O4.C2H6/c25-24(26,27)19-12-31(7-8-35-19)21(33)13-32-18-4-2-1-3-15(18)23(22(32)34)9-14(10-23)36-20-6-5-16-17(29-20)11-28-30-16;1-2/h1-6,11,14,19H,7-10,12-13H2,(H,28,30);1-2H3. The Morgan fingerprint density at radius 3 is 2.74 bits per heavy atom. The van der Waals surface area contributed by atoms with Crippen molar-refractivity contribution in [3.8, 4) is 5.88 Å². The van der Waals surface area contributed by atoms with Crippen molar-refractivity contribution in [2.75, 3.05) is 31.1 Å². The van der Waals surface area contributed by atoms with Crippen LogP contribution >= 0.6 is 0 Å². The molecule has 2 amide bonds. The number of fused-ring (bicyclic) bond motifs is 3. The number of aromatic nitrogens is 3. The van der Waals surface area contributed by atoms with E-state index in [1.807, 2.05) is 32.0 Å². The summed E-state index contributed by atoms with van der Waals surface area (Å²) in [5, 5.41) is 6.77. The summed E-state index contributed by atoms with van der Waals surface area (Å²) >= 11 is 0. The number of anilines is 1. The number of carbonyl (C=O) groups excluding carboxylic acids is 2. The number of carbonyl (C=O) groups is 2. The molecule has 4 heterocycles. The molecule has 0 bridgehead atoms. The number of ether oxygens (including phenoxy) is 2. The molecule has 9 nitrogen and oxygen atoms in total. The zero-order valence-electron chi connectivity index (χ0n) is 21.0. The van der Waals surface area contributed by atoms with Crippen LogP contribution in [0, 0.1) is 0 Å². The SMILES string of the molecule is CC.O=C(CN1C(=O)C2(CC(Oc3ccc4[nH]ncc4n3)C2)c2ccccc21)N1CCOC(C(F)(F)F)C1. The summed E-state index contributed by atoms with van der Waals surface area (Å²) in [6.45, 7) is 2.93. The lowest BCUT2D eigenvalue weighted by molar-refractivity contribution is -0.236. The molecule has 3 aliphatic rings. The summed E-state index contributed by atoms with van der Waals surface area (Å²) in [6, 6.07) is 10.8. The number of hydrogen-bond acceptors (Lipinski definition) is 6. The quantitative estimate of drug-likeness (QED) is 0.552. The minimum atomic E-state index is -4.56. The van der Waals surface area contributed by atoms with Gasteiger partial charge < -0.3 is 19.3 Å². The maximum atomic E-state index is 13.6. The topological polar surface area (TPSA) is 101 Å². The molecular formula is C26H28F3N5O4. The van der Waals surface area contributed by atoms with Gasteiger partial charge in [-0.25, -0.2) is 4.98 Å². The van der Waals surface area contributed by atoms with Gasteiger partial charge in [0, 0.05) is 31.1 Å². The first-order valence-corrected chi connectivity index (χ1v) is 12.6. The van der Waals surface area contributed by atoms with Gasteiger partial charge in [-0.2, -0.15) is 18.3 Å². The second-order valence-electron chi connectivity index (χ2n) is 9.33. The van der Waals surface area contributed by atoms with Crippen molar-refractivity contribution in [1.29, 1.82) is 0 Å². The van der Waals surface area contributed by atoms with Gasteiger partial charge in [0.1, 0.15) is 18.2 Å². The summed E-state index contributed by atoms with van der Waals surface area (Å²) in [5.74, 6) is -0.352. The number of halogens is 3. The Morgan fingerprint density at radius 2 is 1.97 bits per heavy atom. The van der Waals surface area contributed by atoms with Crippen LogP contribution in [0.15, 0.2) is 42.6 Å². The van der Waals surface area contributed by atoms with E-state index in [4.69, 9.17) is 9.47 Å². The monoisotopic (exact) mass is 531 g/mol. The number of hydrogen-bond donors (Lipinski definition) is 1. The number of morpholine rings is 1. The molecule has 202 valence electrons. The van der Waals surface area contributed by atoms with Crippen LogP contribution in [0.5, 0.6) is 5.88 Å². The highest BCUT2D eigenvalue weighted by Gasteiger charge is 2.59. The molecule has 1 saturated heterocycles. The zero-order valence-corrected chi connectivity index (χ0v) is 21.0. The smallest absolute Gasteiger partial charge is 0.416 e. The molecule has 1 aromatic carbocycles. The number of para-hydroxylation sites is 1. The van der Waals surface area contributed by atoms with E-state index < -0.39 is 30.1 Å². The third-order valence-corrected chi connectivity index (χ3v) is 7.15. The maximum Gasteiger partial charge on any atom is 0.416 e. The molecule has 0 radical (unpaired) electrons. The van der Waals surface area contributed by atoms with E-state index in [0.29, 0.717) is 29.9 Å². The Bertz CT molecular complexity index is 1340. The molecule has 1 aliphatic carbocycles. The van der Waals surface area contributed by atoms with Crippen molar-refractivity contribution in [3.05, 3.63) is 48.2 Å². The summed E-state index contributed by atoms with van der Waals surface area (Å²) in [7, 11) is 0. The van der Waals surface area contributed by atoms with Crippen LogP contribution in [0.2, 0.25) is 0 Å². The van der Waals surface area contributed by atoms with Crippen LogP contribution in [0.4, 0.5) is 18.9 Å². The molecule has 1 atom stereocenters. The van der Waals surface area contributed by atoms with Crippen molar-refractivity contribution in [3.63, 3.8) is 0 Å². The number of alkyl halides is 3. The van der Waals surface area contributed by atoms with E-state index in [0.717, 1.165) is 16.0 Å². The average molecular weight is 532 g/mol. The summed E-state index contributed by atoms with van der Waals surface area (Å²) in [5.41, 5.74) is 2.03. The van der Waals surface area contributed by atoms with Gasteiger partial charge in [0.05, 0.1) is 30.3 Å². The van der Waals surface area contributed by atoms with Gasteiger partial charge in [-0.05, 0) is 17.7 Å². The van der Waals surface area contributed by atoms with Gasteiger partial charge in [0.15, 0.2) is 6.10 Å². The first kappa shape index (κ1) is 26.0. The molecular weight excluding hydrogens is 503 g/mol. The number of aromatic amines is 1. The summed E-state index contributed by atoms with van der Waals surface area (Å²) in [6.07, 6.45) is -4.42. The lowest BCUT2D eigenvalue weighted by atomic mass is 9.63. The van der Waals surface area contributed by atoms with Crippen LogP contribution in [-0.4, -0.2) is 76.5 Å². The minimum Gasteiger partial charge on any atom is -0.474 e. The number of nitrogens with one attached hydrogen (secondary N) is 1. The molecule has 2 aliphatic heterocycles. The Morgan fingerprint density at radius 1 is 1.21 bits per heavy atom. The fourth-order valence-electron chi connectivity index (χ4n) is 5.31. The maximum absolute atomic E-state index is 13.6. The fraction of sp³-hybridized carbons (Fsp3) is 0.462. The molecule has 2 aromatic heterocycles. The predicted octanol–water partition coefficient (Wildman–Crippen LogP) is 3.60. The van der Waals surface area contributed by atoms with Gasteiger partial charge >= 0.3 is 6.18 Å². The first-order valence-electron chi connectivity index (χ1n) is 12.6. The van der Waals surface area contributed by atoms with Gasteiger partial charge in [0.2, 0.25) is 17.7 Å². The molecule has 38 heavy (non-hydrogen) atoms. The Hall–Kier alpha value is -3.67. The van der Waals surface area contributed by atoms with Gasteiger partial charge in [0.25, 0.3) is 0 Å². The van der Waals surface area contributed by atoms with Gasteiger partial charge in [-0.15, -0.1) is 0 Å². The van der Waals surface area contributed by atoms with Crippen molar-refractivity contribution < 1.29 is 32.2 Å². The third-order valence-electron chi connectivity index (χ3n) is 7.15. The van der Waals surface area contributed by atoms with Gasteiger partial charge in [-0.3, -0.25) is 14.7 Å². The van der Waals surface area contributed by atoms with E-state index >= 15 is 0 Å². The highest BCUT2D eigenvalue weighted by molar-refractivity contribution is 6.11. The van der Waals surface area contributed by atoms with Crippen molar-refractivity contribution >= 4 is 28.5 Å². The molecule has 1 unspecified atom stereocenters. The number of amides is 2.